The standard InChI is InChI=1S/C26H26F3N3O4/c1-3-35-25(36-4-2,22-10-5-6-15-30-22)17-31-23(33)19-8-7-9-21(16-19)32-24(34)18-11-13-20(14-12-18)26(27,28)29/h5-16H,3-4,17H2,1-2H3,(H,31,33)(H,32,34). The van der Waals surface area contributed by atoms with E-state index in [1.54, 1.807) is 56.4 Å². The summed E-state index contributed by atoms with van der Waals surface area (Å²) in [4.78, 5) is 29.7. The minimum atomic E-state index is -4.49. The number of pyridine rings is 1. The topological polar surface area (TPSA) is 89.6 Å². The first kappa shape index (κ1) is 26.8. The molecule has 10 heteroatoms. The van der Waals surface area contributed by atoms with Crippen molar-refractivity contribution in [2.75, 3.05) is 25.1 Å². The van der Waals surface area contributed by atoms with E-state index in [9.17, 15) is 22.8 Å². The maximum Gasteiger partial charge on any atom is 0.416 e. The fourth-order valence-electron chi connectivity index (χ4n) is 3.49. The minimum Gasteiger partial charge on any atom is -0.346 e. The molecule has 0 bridgehead atoms. The molecule has 0 saturated heterocycles. The highest BCUT2D eigenvalue weighted by atomic mass is 19.4. The van der Waals surface area contributed by atoms with Gasteiger partial charge in [0, 0.05) is 36.2 Å². The molecular formula is C26H26F3N3O4. The molecule has 0 aliphatic carbocycles. The number of carbonyl (C=O) groups excluding carboxylic acids is 2. The summed E-state index contributed by atoms with van der Waals surface area (Å²) in [6.07, 6.45) is -2.89. The van der Waals surface area contributed by atoms with E-state index in [4.69, 9.17) is 9.47 Å². The molecule has 0 aliphatic heterocycles. The van der Waals surface area contributed by atoms with Crippen LogP contribution in [0.2, 0.25) is 0 Å². The van der Waals surface area contributed by atoms with E-state index in [-0.39, 0.29) is 17.7 Å². The molecule has 0 saturated carbocycles. The molecule has 190 valence electrons. The Kier molecular flexibility index (Phi) is 8.78. The van der Waals surface area contributed by atoms with Crippen LogP contribution in [0.15, 0.2) is 72.9 Å². The molecule has 1 heterocycles. The van der Waals surface area contributed by atoms with E-state index >= 15 is 0 Å². The van der Waals surface area contributed by atoms with Crippen molar-refractivity contribution < 1.29 is 32.2 Å². The van der Waals surface area contributed by atoms with Gasteiger partial charge in [0.1, 0.15) is 5.69 Å². The zero-order chi connectivity index (χ0) is 26.2. The molecule has 1 aromatic heterocycles. The lowest BCUT2D eigenvalue weighted by molar-refractivity contribution is -0.240. The monoisotopic (exact) mass is 501 g/mol. The van der Waals surface area contributed by atoms with Crippen molar-refractivity contribution in [3.05, 3.63) is 95.3 Å². The summed E-state index contributed by atoms with van der Waals surface area (Å²) in [6, 6.07) is 15.3. The van der Waals surface area contributed by atoms with Gasteiger partial charge in [-0.15, -0.1) is 0 Å². The number of aromatic nitrogens is 1. The minimum absolute atomic E-state index is 0.0212. The Labute approximate surface area is 206 Å². The van der Waals surface area contributed by atoms with E-state index in [0.717, 1.165) is 24.3 Å². The third-order valence-corrected chi connectivity index (χ3v) is 5.15. The highest BCUT2D eigenvalue weighted by Gasteiger charge is 2.36. The van der Waals surface area contributed by atoms with E-state index < -0.39 is 29.3 Å². The molecule has 3 aromatic rings. The number of amides is 2. The fourth-order valence-corrected chi connectivity index (χ4v) is 3.49. The van der Waals surface area contributed by atoms with Gasteiger partial charge in [0.15, 0.2) is 0 Å². The second-order valence-corrected chi connectivity index (χ2v) is 7.63. The van der Waals surface area contributed by atoms with E-state index in [1.807, 2.05) is 0 Å². The van der Waals surface area contributed by atoms with Crippen LogP contribution in [0.3, 0.4) is 0 Å². The summed E-state index contributed by atoms with van der Waals surface area (Å²) in [7, 11) is 0. The molecule has 3 rings (SSSR count). The van der Waals surface area contributed by atoms with Gasteiger partial charge in [-0.05, 0) is 68.4 Å². The van der Waals surface area contributed by atoms with Crippen LogP contribution in [0.5, 0.6) is 0 Å². The lowest BCUT2D eigenvalue weighted by Crippen LogP contribution is -2.45. The van der Waals surface area contributed by atoms with Crippen LogP contribution in [-0.4, -0.2) is 36.6 Å². The number of nitrogens with one attached hydrogen (secondary N) is 2. The second kappa shape index (κ2) is 11.8. The van der Waals surface area contributed by atoms with Gasteiger partial charge in [0.05, 0.1) is 12.1 Å². The fraction of sp³-hybridized carbons (Fsp3) is 0.269. The SMILES string of the molecule is CCOC(CNC(=O)c1cccc(NC(=O)c2ccc(C(F)(F)F)cc2)c1)(OCC)c1ccccn1. The van der Waals surface area contributed by atoms with Gasteiger partial charge >= 0.3 is 6.18 Å². The summed E-state index contributed by atoms with van der Waals surface area (Å²) in [5.41, 5.74) is 0.262. The number of hydrogen-bond acceptors (Lipinski definition) is 5. The number of carbonyl (C=O) groups is 2. The van der Waals surface area contributed by atoms with Gasteiger partial charge in [-0.25, -0.2) is 0 Å². The van der Waals surface area contributed by atoms with Gasteiger partial charge in [0.25, 0.3) is 11.8 Å². The number of nitrogens with zero attached hydrogens (tertiary/aromatic N) is 1. The molecule has 2 N–H and O–H groups in total. The zero-order valence-electron chi connectivity index (χ0n) is 19.8. The number of rotatable bonds is 10. The van der Waals surface area contributed by atoms with E-state index in [1.165, 1.54) is 6.07 Å². The van der Waals surface area contributed by atoms with Crippen molar-refractivity contribution >= 4 is 17.5 Å². The molecule has 0 radical (unpaired) electrons. The largest absolute Gasteiger partial charge is 0.416 e. The van der Waals surface area contributed by atoms with Gasteiger partial charge in [-0.1, -0.05) is 12.1 Å². The molecule has 0 spiro atoms. The Hall–Kier alpha value is -3.76. The van der Waals surface area contributed by atoms with Crippen molar-refractivity contribution in [3.8, 4) is 0 Å². The third kappa shape index (κ3) is 6.67. The van der Waals surface area contributed by atoms with Crippen LogP contribution in [0.1, 0.15) is 45.8 Å². The molecular weight excluding hydrogens is 475 g/mol. The van der Waals surface area contributed by atoms with Crippen LogP contribution in [0.4, 0.5) is 18.9 Å². The summed E-state index contributed by atoms with van der Waals surface area (Å²) >= 11 is 0. The van der Waals surface area contributed by atoms with Crippen molar-refractivity contribution in [1.82, 2.24) is 10.3 Å². The lowest BCUT2D eigenvalue weighted by Gasteiger charge is -2.32. The number of ether oxygens (including phenoxy) is 2. The van der Waals surface area contributed by atoms with Gasteiger partial charge in [-0.2, -0.15) is 13.2 Å². The number of benzene rings is 2. The molecule has 2 aromatic carbocycles. The molecule has 2 amide bonds. The second-order valence-electron chi connectivity index (χ2n) is 7.63. The highest BCUT2D eigenvalue weighted by molar-refractivity contribution is 6.05. The van der Waals surface area contributed by atoms with Gasteiger partial charge < -0.3 is 20.1 Å². The quantitative estimate of drug-likeness (QED) is 0.382. The Bertz CT molecular complexity index is 1160. The smallest absolute Gasteiger partial charge is 0.346 e. The molecule has 0 fully saturated rings. The van der Waals surface area contributed by atoms with Crippen molar-refractivity contribution in [2.24, 2.45) is 0 Å². The molecule has 0 aliphatic rings. The Morgan fingerprint density at radius 1 is 0.861 bits per heavy atom. The first-order chi connectivity index (χ1) is 17.2. The Balaban J connectivity index is 1.71. The molecule has 36 heavy (non-hydrogen) atoms. The Morgan fingerprint density at radius 2 is 1.56 bits per heavy atom. The Morgan fingerprint density at radius 3 is 2.14 bits per heavy atom. The maximum atomic E-state index is 12.9. The maximum absolute atomic E-state index is 12.9. The average molecular weight is 502 g/mol. The molecule has 7 nitrogen and oxygen atoms in total. The predicted molar refractivity (Wildman–Crippen MR) is 127 cm³/mol. The summed E-state index contributed by atoms with van der Waals surface area (Å²) in [5, 5.41) is 5.38. The van der Waals surface area contributed by atoms with Gasteiger partial charge in [-0.3, -0.25) is 14.6 Å². The van der Waals surface area contributed by atoms with Crippen LogP contribution in [0, 0.1) is 0 Å². The third-order valence-electron chi connectivity index (χ3n) is 5.15. The van der Waals surface area contributed by atoms with Crippen LogP contribution < -0.4 is 10.6 Å². The molecule has 0 atom stereocenters. The average Bonchev–Trinajstić information content (AvgIpc) is 2.87. The normalized spacial score (nSPS) is 11.7. The number of hydrogen-bond donors (Lipinski definition) is 2. The van der Waals surface area contributed by atoms with Crippen LogP contribution in [-0.2, 0) is 21.4 Å². The molecule has 0 unspecified atom stereocenters. The first-order valence-electron chi connectivity index (χ1n) is 11.2. The van der Waals surface area contributed by atoms with Crippen molar-refractivity contribution in [3.63, 3.8) is 0 Å². The number of alkyl halides is 3. The number of halogens is 3. The first-order valence-corrected chi connectivity index (χ1v) is 11.2. The van der Waals surface area contributed by atoms with Crippen LogP contribution >= 0.6 is 0 Å². The number of anilines is 1. The summed E-state index contributed by atoms with van der Waals surface area (Å²) in [6.45, 7) is 4.23. The highest BCUT2D eigenvalue weighted by Crippen LogP contribution is 2.29. The van der Waals surface area contributed by atoms with Crippen molar-refractivity contribution in [1.29, 1.82) is 0 Å². The lowest BCUT2D eigenvalue weighted by atomic mass is 10.1. The zero-order valence-corrected chi connectivity index (χ0v) is 19.8. The van der Waals surface area contributed by atoms with Crippen molar-refractivity contribution in [2.45, 2.75) is 25.8 Å². The van der Waals surface area contributed by atoms with E-state index in [2.05, 4.69) is 15.6 Å². The van der Waals surface area contributed by atoms with Crippen LogP contribution in [0.25, 0.3) is 0 Å². The summed E-state index contributed by atoms with van der Waals surface area (Å²) in [5.74, 6) is -2.34. The van der Waals surface area contributed by atoms with Gasteiger partial charge in [0.2, 0.25) is 5.79 Å². The summed E-state index contributed by atoms with van der Waals surface area (Å²) < 4.78 is 50.0. The predicted octanol–water partition coefficient (Wildman–Crippen LogP) is 5.01. The van der Waals surface area contributed by atoms with E-state index in [0.29, 0.717) is 24.6 Å².